The quantitative estimate of drug-likeness (QED) is 0.918. The van der Waals surface area contributed by atoms with Crippen molar-refractivity contribution in [2.24, 2.45) is 0 Å². The molecule has 7 heteroatoms. The molecule has 1 aliphatic rings. The van der Waals surface area contributed by atoms with Gasteiger partial charge in [-0.05, 0) is 52.7 Å². The number of amides is 2. The fourth-order valence-corrected chi connectivity index (χ4v) is 2.37. The van der Waals surface area contributed by atoms with Gasteiger partial charge in [0.2, 0.25) is 11.7 Å². The first-order valence-electron chi connectivity index (χ1n) is 8.60. The second-order valence-electron chi connectivity index (χ2n) is 7.60. The molecule has 0 unspecified atom stereocenters. The first kappa shape index (κ1) is 17.4. The highest BCUT2D eigenvalue weighted by molar-refractivity contribution is 5.75. The highest BCUT2D eigenvalue weighted by Crippen LogP contribution is 2.39. The van der Waals surface area contributed by atoms with Gasteiger partial charge in [0.15, 0.2) is 0 Å². The van der Waals surface area contributed by atoms with E-state index in [1.54, 1.807) is 18.1 Å². The van der Waals surface area contributed by atoms with Gasteiger partial charge < -0.3 is 14.7 Å². The van der Waals surface area contributed by atoms with E-state index in [4.69, 9.17) is 4.52 Å². The largest absolute Gasteiger partial charge is 0.337 e. The summed E-state index contributed by atoms with van der Waals surface area (Å²) in [7, 11) is 1.76. The van der Waals surface area contributed by atoms with Gasteiger partial charge >= 0.3 is 6.03 Å². The molecule has 1 fully saturated rings. The third-order valence-electron chi connectivity index (χ3n) is 4.50. The Balaban J connectivity index is 1.70. The summed E-state index contributed by atoms with van der Waals surface area (Å²) >= 11 is 0. The van der Waals surface area contributed by atoms with Crippen LogP contribution in [0.1, 0.15) is 64.1 Å². The molecule has 2 aromatic heterocycles. The molecule has 0 aliphatic heterocycles. The lowest BCUT2D eigenvalue weighted by Gasteiger charge is -2.32. The molecule has 3 rings (SSSR count). The summed E-state index contributed by atoms with van der Waals surface area (Å²) in [6.07, 6.45) is 4.17. The van der Waals surface area contributed by atoms with Gasteiger partial charge in [-0.3, -0.25) is 4.98 Å². The van der Waals surface area contributed by atoms with Gasteiger partial charge in [0.25, 0.3) is 0 Å². The molecular formula is C18H25N5O2. The Morgan fingerprint density at radius 3 is 2.76 bits per heavy atom. The van der Waals surface area contributed by atoms with Crippen LogP contribution < -0.4 is 5.32 Å². The van der Waals surface area contributed by atoms with Crippen LogP contribution in [0, 0.1) is 0 Å². The Morgan fingerprint density at radius 1 is 1.40 bits per heavy atom. The van der Waals surface area contributed by atoms with E-state index >= 15 is 0 Å². The van der Waals surface area contributed by atoms with Crippen LogP contribution in [0.5, 0.6) is 0 Å². The molecule has 0 saturated heterocycles. The zero-order valence-corrected chi connectivity index (χ0v) is 15.4. The molecule has 0 aromatic carbocycles. The van der Waals surface area contributed by atoms with Crippen LogP contribution in [0.2, 0.25) is 0 Å². The average molecular weight is 343 g/mol. The van der Waals surface area contributed by atoms with E-state index in [1.807, 2.05) is 39.8 Å². The van der Waals surface area contributed by atoms with Crippen LogP contribution >= 0.6 is 0 Å². The van der Waals surface area contributed by atoms with Gasteiger partial charge in [0, 0.05) is 36.0 Å². The van der Waals surface area contributed by atoms with Crippen molar-refractivity contribution >= 4 is 6.03 Å². The van der Waals surface area contributed by atoms with Gasteiger partial charge in [-0.2, -0.15) is 4.98 Å². The number of nitrogens with one attached hydrogen (secondary N) is 1. The van der Waals surface area contributed by atoms with E-state index in [0.29, 0.717) is 17.6 Å². The summed E-state index contributed by atoms with van der Waals surface area (Å²) < 4.78 is 5.35. The van der Waals surface area contributed by atoms with E-state index in [0.717, 1.165) is 11.3 Å². The predicted molar refractivity (Wildman–Crippen MR) is 94.0 cm³/mol. The highest BCUT2D eigenvalue weighted by Gasteiger charge is 2.27. The van der Waals surface area contributed by atoms with Crippen molar-refractivity contribution < 1.29 is 9.32 Å². The Bertz CT molecular complexity index is 761. The molecule has 1 saturated carbocycles. The van der Waals surface area contributed by atoms with Crippen LogP contribution in [0.25, 0.3) is 11.4 Å². The van der Waals surface area contributed by atoms with Gasteiger partial charge in [-0.15, -0.1) is 0 Å². The molecule has 1 aliphatic carbocycles. The van der Waals surface area contributed by atoms with E-state index < -0.39 is 0 Å². The second kappa shape index (κ2) is 6.46. The van der Waals surface area contributed by atoms with Crippen molar-refractivity contribution in [3.63, 3.8) is 0 Å². The van der Waals surface area contributed by atoms with Crippen LogP contribution in [0.3, 0.4) is 0 Å². The zero-order valence-electron chi connectivity index (χ0n) is 15.4. The molecule has 2 heterocycles. The molecule has 0 spiro atoms. The Morgan fingerprint density at radius 2 is 2.12 bits per heavy atom. The molecule has 7 nitrogen and oxygen atoms in total. The van der Waals surface area contributed by atoms with Crippen molar-refractivity contribution in [2.45, 2.75) is 58.0 Å². The van der Waals surface area contributed by atoms with E-state index in [1.165, 1.54) is 12.8 Å². The third-order valence-corrected chi connectivity index (χ3v) is 4.50. The summed E-state index contributed by atoms with van der Waals surface area (Å²) in [6.45, 7) is 7.75. The number of nitrogens with zero attached hydrogens (tertiary/aromatic N) is 4. The van der Waals surface area contributed by atoms with E-state index in [2.05, 4.69) is 20.4 Å². The van der Waals surface area contributed by atoms with Gasteiger partial charge in [0.1, 0.15) is 6.04 Å². The maximum Gasteiger partial charge on any atom is 0.318 e. The number of rotatable bonds is 4. The first-order chi connectivity index (χ1) is 11.8. The summed E-state index contributed by atoms with van der Waals surface area (Å²) in [6, 6.07) is 3.34. The molecule has 2 amide bonds. The SMILES string of the molecule is C[C@H](NC(=O)N(C)C(C)(C)C)c1nc(-c2ccnc(C3CC3)c2)no1. The lowest BCUT2D eigenvalue weighted by molar-refractivity contribution is 0.160. The van der Waals surface area contributed by atoms with Crippen LogP contribution in [0.4, 0.5) is 4.79 Å². The van der Waals surface area contributed by atoms with Crippen LogP contribution in [0.15, 0.2) is 22.9 Å². The van der Waals surface area contributed by atoms with E-state index in [-0.39, 0.29) is 17.6 Å². The van der Waals surface area contributed by atoms with Gasteiger partial charge in [-0.25, -0.2) is 4.79 Å². The van der Waals surface area contributed by atoms with E-state index in [9.17, 15) is 4.79 Å². The summed E-state index contributed by atoms with van der Waals surface area (Å²) in [5, 5.41) is 6.94. The van der Waals surface area contributed by atoms with Gasteiger partial charge in [-0.1, -0.05) is 5.16 Å². The number of carbonyl (C=O) groups excluding carboxylic acids is 1. The van der Waals surface area contributed by atoms with Gasteiger partial charge in [0.05, 0.1) is 0 Å². The summed E-state index contributed by atoms with van der Waals surface area (Å²) in [5.41, 5.74) is 1.70. The average Bonchev–Trinajstić information content (AvgIpc) is 3.29. The van der Waals surface area contributed by atoms with Crippen molar-refractivity contribution in [2.75, 3.05) is 7.05 Å². The fraction of sp³-hybridized carbons (Fsp3) is 0.556. The highest BCUT2D eigenvalue weighted by atomic mass is 16.5. The summed E-state index contributed by atoms with van der Waals surface area (Å²) in [4.78, 5) is 22.8. The normalized spacial score (nSPS) is 15.7. The number of hydrogen-bond donors (Lipinski definition) is 1. The molecular weight excluding hydrogens is 318 g/mol. The number of hydrogen-bond acceptors (Lipinski definition) is 5. The van der Waals surface area contributed by atoms with Crippen molar-refractivity contribution in [1.82, 2.24) is 25.3 Å². The molecule has 25 heavy (non-hydrogen) atoms. The smallest absolute Gasteiger partial charge is 0.318 e. The number of aromatic nitrogens is 3. The number of urea groups is 1. The molecule has 134 valence electrons. The lowest BCUT2D eigenvalue weighted by Crippen LogP contribution is -2.48. The Labute approximate surface area is 147 Å². The Hall–Kier alpha value is -2.44. The molecule has 1 atom stereocenters. The fourth-order valence-electron chi connectivity index (χ4n) is 2.37. The lowest BCUT2D eigenvalue weighted by atomic mass is 10.1. The van der Waals surface area contributed by atoms with Crippen LogP contribution in [-0.2, 0) is 0 Å². The van der Waals surface area contributed by atoms with Crippen LogP contribution in [-0.4, -0.2) is 38.6 Å². The molecule has 0 radical (unpaired) electrons. The minimum Gasteiger partial charge on any atom is -0.337 e. The zero-order chi connectivity index (χ0) is 18.2. The summed E-state index contributed by atoms with van der Waals surface area (Å²) in [5.74, 6) is 1.47. The predicted octanol–water partition coefficient (Wildman–Crippen LogP) is 3.51. The maximum absolute atomic E-state index is 12.3. The minimum absolute atomic E-state index is 0.181. The monoisotopic (exact) mass is 343 g/mol. The Kier molecular flexibility index (Phi) is 4.49. The van der Waals surface area contributed by atoms with Crippen molar-refractivity contribution in [3.05, 3.63) is 29.9 Å². The number of carbonyl (C=O) groups is 1. The third kappa shape index (κ3) is 3.97. The van der Waals surface area contributed by atoms with Crippen molar-refractivity contribution in [1.29, 1.82) is 0 Å². The second-order valence-corrected chi connectivity index (χ2v) is 7.60. The first-order valence-corrected chi connectivity index (χ1v) is 8.60. The van der Waals surface area contributed by atoms with Crippen molar-refractivity contribution in [3.8, 4) is 11.4 Å². The topological polar surface area (TPSA) is 84.2 Å². The minimum atomic E-state index is -0.372. The molecule has 2 aromatic rings. The maximum atomic E-state index is 12.3. The number of pyridine rings is 1. The standard InChI is InChI=1S/C18H25N5O2/c1-11(20-17(24)23(5)18(2,3)4)16-21-15(22-25-16)13-8-9-19-14(10-13)12-6-7-12/h8-12H,6-7H2,1-5H3,(H,20,24)/t11-/m0/s1. The molecule has 0 bridgehead atoms. The molecule has 1 N–H and O–H groups in total.